The van der Waals surface area contributed by atoms with Crippen molar-refractivity contribution in [2.24, 2.45) is 0 Å². The molecule has 0 aliphatic carbocycles. The van der Waals surface area contributed by atoms with Crippen molar-refractivity contribution in [2.45, 2.75) is 21.3 Å². The van der Waals surface area contributed by atoms with Gasteiger partial charge in [0.25, 0.3) is 5.91 Å². The van der Waals surface area contributed by atoms with Gasteiger partial charge in [-0.2, -0.15) is 0 Å². The van der Waals surface area contributed by atoms with Crippen LogP contribution in [0.3, 0.4) is 0 Å². The van der Waals surface area contributed by atoms with Gasteiger partial charge in [-0.25, -0.2) is 0 Å². The van der Waals surface area contributed by atoms with Gasteiger partial charge < -0.3 is 10.1 Å². The van der Waals surface area contributed by atoms with Crippen molar-refractivity contribution < 1.29 is 14.3 Å². The van der Waals surface area contributed by atoms with E-state index in [2.05, 4.69) is 5.32 Å². The van der Waals surface area contributed by atoms with Gasteiger partial charge in [-0.3, -0.25) is 9.59 Å². The summed E-state index contributed by atoms with van der Waals surface area (Å²) in [5.74, 6) is 0.407. The van der Waals surface area contributed by atoms with E-state index in [0.717, 1.165) is 5.56 Å². The van der Waals surface area contributed by atoms with E-state index in [1.54, 1.807) is 24.3 Å². The van der Waals surface area contributed by atoms with E-state index >= 15 is 0 Å². The molecule has 1 amide bonds. The molecule has 0 aromatic heterocycles. The number of hydrogen-bond donors (Lipinski definition) is 1. The number of carbonyl (C=O) groups excluding carboxylic acids is 2. The standard InChI is InChI=1S/C17H17NO3.CH4/c1-12-3-9-16(10-4-12)21-11-17(20)18-15-7-5-14(6-8-15)13(2)19;/h3-10H,11H2,1-2H3,(H,18,20);1H4. The highest BCUT2D eigenvalue weighted by atomic mass is 16.5. The number of amides is 1. The van der Waals surface area contributed by atoms with Crippen molar-refractivity contribution in [3.05, 3.63) is 59.7 Å². The molecule has 22 heavy (non-hydrogen) atoms. The molecule has 4 nitrogen and oxygen atoms in total. The van der Waals surface area contributed by atoms with Crippen LogP contribution < -0.4 is 10.1 Å². The van der Waals surface area contributed by atoms with Crippen LogP contribution in [0.25, 0.3) is 0 Å². The minimum absolute atomic E-state index is 0. The van der Waals surface area contributed by atoms with Crippen LogP contribution in [0, 0.1) is 6.92 Å². The fraction of sp³-hybridized carbons (Fsp3) is 0.222. The molecule has 0 bridgehead atoms. The van der Waals surface area contributed by atoms with Gasteiger partial charge in [-0.05, 0) is 50.2 Å². The van der Waals surface area contributed by atoms with E-state index in [1.807, 2.05) is 31.2 Å². The Morgan fingerprint density at radius 3 is 2.14 bits per heavy atom. The number of anilines is 1. The Hall–Kier alpha value is -2.62. The van der Waals surface area contributed by atoms with Gasteiger partial charge in [-0.15, -0.1) is 0 Å². The molecular weight excluding hydrogens is 278 g/mol. The molecule has 2 aromatic rings. The fourth-order valence-corrected chi connectivity index (χ4v) is 1.77. The van der Waals surface area contributed by atoms with Crippen LogP contribution in [0.15, 0.2) is 48.5 Å². The number of nitrogens with one attached hydrogen (secondary N) is 1. The summed E-state index contributed by atoms with van der Waals surface area (Å²) in [5.41, 5.74) is 2.39. The Morgan fingerprint density at radius 2 is 1.59 bits per heavy atom. The SMILES string of the molecule is C.CC(=O)c1ccc(NC(=O)COc2ccc(C)cc2)cc1. The van der Waals surface area contributed by atoms with Crippen LogP contribution in [-0.4, -0.2) is 18.3 Å². The number of benzene rings is 2. The third-order valence-corrected chi connectivity index (χ3v) is 2.97. The molecule has 0 radical (unpaired) electrons. The molecule has 0 heterocycles. The molecule has 1 N–H and O–H groups in total. The summed E-state index contributed by atoms with van der Waals surface area (Å²) in [6.07, 6.45) is 0. The van der Waals surface area contributed by atoms with Crippen molar-refractivity contribution >= 4 is 17.4 Å². The number of hydrogen-bond acceptors (Lipinski definition) is 3. The first-order valence-corrected chi connectivity index (χ1v) is 6.65. The number of ether oxygens (including phenoxy) is 1. The van der Waals surface area contributed by atoms with Crippen molar-refractivity contribution in [1.82, 2.24) is 0 Å². The first-order valence-electron chi connectivity index (χ1n) is 6.65. The zero-order valence-electron chi connectivity index (χ0n) is 12.1. The maximum atomic E-state index is 11.8. The van der Waals surface area contributed by atoms with Gasteiger partial charge in [0.2, 0.25) is 0 Å². The number of rotatable bonds is 5. The summed E-state index contributed by atoms with van der Waals surface area (Å²) in [4.78, 5) is 22.9. The van der Waals surface area contributed by atoms with Crippen LogP contribution in [0.2, 0.25) is 0 Å². The summed E-state index contributed by atoms with van der Waals surface area (Å²) in [6, 6.07) is 14.2. The molecule has 0 spiro atoms. The Bertz CT molecular complexity index is 630. The third-order valence-electron chi connectivity index (χ3n) is 2.97. The van der Waals surface area contributed by atoms with Crippen molar-refractivity contribution in [3.63, 3.8) is 0 Å². The van der Waals surface area contributed by atoms with Crippen molar-refractivity contribution in [1.29, 1.82) is 0 Å². The van der Waals surface area contributed by atoms with Gasteiger partial charge in [-0.1, -0.05) is 25.1 Å². The van der Waals surface area contributed by atoms with Gasteiger partial charge in [0.1, 0.15) is 5.75 Å². The van der Waals surface area contributed by atoms with Gasteiger partial charge >= 0.3 is 0 Å². The predicted molar refractivity (Wildman–Crippen MR) is 88.5 cm³/mol. The van der Waals surface area contributed by atoms with Crippen LogP contribution in [0.1, 0.15) is 30.3 Å². The molecule has 0 fully saturated rings. The van der Waals surface area contributed by atoms with E-state index in [9.17, 15) is 9.59 Å². The summed E-state index contributed by atoms with van der Waals surface area (Å²) in [7, 11) is 0. The van der Waals surface area contributed by atoms with Crippen molar-refractivity contribution in [2.75, 3.05) is 11.9 Å². The van der Waals surface area contributed by atoms with Crippen LogP contribution in [0.4, 0.5) is 5.69 Å². The van der Waals surface area contributed by atoms with Crippen LogP contribution >= 0.6 is 0 Å². The quantitative estimate of drug-likeness (QED) is 0.853. The van der Waals surface area contributed by atoms with Crippen molar-refractivity contribution in [3.8, 4) is 5.75 Å². The molecule has 0 saturated carbocycles. The second-order valence-electron chi connectivity index (χ2n) is 4.78. The highest BCUT2D eigenvalue weighted by molar-refractivity contribution is 5.95. The largest absolute Gasteiger partial charge is 0.484 e. The first kappa shape index (κ1) is 17.4. The molecule has 116 valence electrons. The summed E-state index contributed by atoms with van der Waals surface area (Å²) >= 11 is 0. The lowest BCUT2D eigenvalue weighted by atomic mass is 10.1. The molecule has 2 rings (SSSR count). The molecular formula is C18H21NO3. The van der Waals surface area contributed by atoms with Crippen LogP contribution in [-0.2, 0) is 4.79 Å². The lowest BCUT2D eigenvalue weighted by Crippen LogP contribution is -2.20. The minimum Gasteiger partial charge on any atom is -0.484 e. The number of ketones is 1. The molecule has 0 aliphatic rings. The normalized spacial score (nSPS) is 9.55. The summed E-state index contributed by atoms with van der Waals surface area (Å²) in [6.45, 7) is 3.43. The zero-order chi connectivity index (χ0) is 15.2. The second kappa shape index (κ2) is 7.98. The van der Waals surface area contributed by atoms with E-state index in [-0.39, 0.29) is 25.7 Å². The number of carbonyl (C=O) groups is 2. The smallest absolute Gasteiger partial charge is 0.262 e. The Kier molecular flexibility index (Phi) is 6.32. The molecule has 0 unspecified atom stereocenters. The average molecular weight is 299 g/mol. The zero-order valence-corrected chi connectivity index (χ0v) is 12.1. The molecule has 0 atom stereocenters. The Labute approximate surface area is 131 Å². The van der Waals surface area contributed by atoms with E-state index in [1.165, 1.54) is 6.92 Å². The topological polar surface area (TPSA) is 55.4 Å². The second-order valence-corrected chi connectivity index (χ2v) is 4.78. The lowest BCUT2D eigenvalue weighted by Gasteiger charge is -2.08. The molecule has 2 aromatic carbocycles. The van der Waals surface area contributed by atoms with Gasteiger partial charge in [0.15, 0.2) is 12.4 Å². The maximum Gasteiger partial charge on any atom is 0.262 e. The molecule has 0 saturated heterocycles. The fourth-order valence-electron chi connectivity index (χ4n) is 1.77. The maximum absolute atomic E-state index is 11.8. The highest BCUT2D eigenvalue weighted by Gasteiger charge is 2.05. The molecule has 4 heteroatoms. The van der Waals surface area contributed by atoms with E-state index in [4.69, 9.17) is 4.74 Å². The first-order chi connectivity index (χ1) is 10.0. The summed E-state index contributed by atoms with van der Waals surface area (Å²) < 4.78 is 5.39. The lowest BCUT2D eigenvalue weighted by molar-refractivity contribution is -0.118. The third kappa shape index (κ3) is 5.05. The summed E-state index contributed by atoms with van der Waals surface area (Å²) in [5, 5.41) is 2.71. The van der Waals surface area contributed by atoms with E-state index < -0.39 is 0 Å². The van der Waals surface area contributed by atoms with Gasteiger partial charge in [0.05, 0.1) is 0 Å². The van der Waals surface area contributed by atoms with E-state index in [0.29, 0.717) is 17.0 Å². The average Bonchev–Trinajstić information content (AvgIpc) is 2.47. The van der Waals surface area contributed by atoms with Crippen LogP contribution in [0.5, 0.6) is 5.75 Å². The highest BCUT2D eigenvalue weighted by Crippen LogP contribution is 2.12. The van der Waals surface area contributed by atoms with Gasteiger partial charge in [0, 0.05) is 11.3 Å². The minimum atomic E-state index is -0.244. The Morgan fingerprint density at radius 1 is 1.00 bits per heavy atom. The monoisotopic (exact) mass is 299 g/mol. The molecule has 0 aliphatic heterocycles. The number of Topliss-reactive ketones (excluding diaryl/α,β-unsaturated/α-hetero) is 1. The number of aryl methyl sites for hydroxylation is 1. The predicted octanol–water partition coefficient (Wildman–Crippen LogP) is 3.85. The Balaban J connectivity index is 0.00000242.